The van der Waals surface area contributed by atoms with Gasteiger partial charge in [0.15, 0.2) is 10.5 Å². The summed E-state index contributed by atoms with van der Waals surface area (Å²) in [6.45, 7) is 4.46. The first-order valence-corrected chi connectivity index (χ1v) is 8.04. The number of nitrogens with two attached hydrogens (primary N) is 1. The zero-order chi connectivity index (χ0) is 15.7. The predicted octanol–water partition coefficient (Wildman–Crippen LogP) is 1.76. The summed E-state index contributed by atoms with van der Waals surface area (Å²) in [5.41, 5.74) is 5.49. The van der Waals surface area contributed by atoms with Gasteiger partial charge in [0.2, 0.25) is 5.91 Å². The number of amides is 1. The van der Waals surface area contributed by atoms with Crippen LogP contribution in [-0.4, -0.2) is 28.5 Å². The molecule has 116 valence electrons. The quantitative estimate of drug-likeness (QED) is 0.535. The van der Waals surface area contributed by atoms with Gasteiger partial charge in [0.05, 0.1) is 0 Å². The third-order valence-corrected chi connectivity index (χ3v) is 5.09. The van der Waals surface area contributed by atoms with E-state index in [9.17, 15) is 9.59 Å². The highest BCUT2D eigenvalue weighted by atomic mass is 32.1. The van der Waals surface area contributed by atoms with Crippen molar-refractivity contribution in [1.82, 2.24) is 5.32 Å². The zero-order valence-electron chi connectivity index (χ0n) is 12.7. The van der Waals surface area contributed by atoms with E-state index in [1.54, 1.807) is 0 Å². The molecule has 1 heterocycles. The number of Topliss-reactive ketones (excluding diaryl/α,β-unsaturated/α-hetero) is 1. The van der Waals surface area contributed by atoms with Crippen molar-refractivity contribution in [2.75, 3.05) is 6.54 Å². The van der Waals surface area contributed by atoms with Crippen LogP contribution in [0.1, 0.15) is 39.5 Å². The van der Waals surface area contributed by atoms with E-state index in [-0.39, 0.29) is 11.7 Å². The maximum Gasteiger partial charge on any atom is 0.249 e. The van der Waals surface area contributed by atoms with Crippen LogP contribution >= 0.6 is 12.6 Å². The van der Waals surface area contributed by atoms with Gasteiger partial charge in [0, 0.05) is 0 Å². The molecule has 3 N–H and O–H groups in total. The van der Waals surface area contributed by atoms with Crippen LogP contribution in [0.2, 0.25) is 0 Å². The molecule has 5 heteroatoms. The normalized spacial score (nSPS) is 35.8. The maximum atomic E-state index is 13.0. The van der Waals surface area contributed by atoms with E-state index in [1.807, 2.05) is 25.2 Å². The molecule has 2 aliphatic rings. The number of carbonyl (C=O) groups excluding carboxylic acids is 2. The minimum atomic E-state index is -1.37. The van der Waals surface area contributed by atoms with Crippen LogP contribution in [0.5, 0.6) is 0 Å². The molecule has 1 amide bonds. The Labute approximate surface area is 131 Å². The van der Waals surface area contributed by atoms with E-state index in [2.05, 4.69) is 24.9 Å². The first-order chi connectivity index (χ1) is 9.90. The lowest BCUT2D eigenvalue weighted by atomic mass is 9.79. The third kappa shape index (κ3) is 2.57. The number of allylic oxidation sites excluding steroid dienone is 3. The van der Waals surface area contributed by atoms with Crippen molar-refractivity contribution < 1.29 is 9.59 Å². The molecule has 1 fully saturated rings. The molecule has 1 aliphatic heterocycles. The number of nitrogens with one attached hydrogen (secondary N) is 1. The molecule has 0 aromatic heterocycles. The van der Waals surface area contributed by atoms with Crippen LogP contribution in [0.3, 0.4) is 0 Å². The van der Waals surface area contributed by atoms with Crippen LogP contribution in [-0.2, 0) is 9.59 Å². The molecule has 2 rings (SSSR count). The van der Waals surface area contributed by atoms with Crippen molar-refractivity contribution in [2.45, 2.75) is 49.8 Å². The highest BCUT2D eigenvalue weighted by molar-refractivity contribution is 7.84. The summed E-state index contributed by atoms with van der Waals surface area (Å²) >= 11 is 4.52. The number of rotatable bonds is 5. The Bertz CT molecular complexity index is 506. The fourth-order valence-electron chi connectivity index (χ4n) is 3.22. The monoisotopic (exact) mass is 308 g/mol. The van der Waals surface area contributed by atoms with Crippen LogP contribution in [0, 0.1) is 5.92 Å². The molecule has 0 saturated carbocycles. The number of hydrogen-bond acceptors (Lipinski definition) is 4. The van der Waals surface area contributed by atoms with Crippen LogP contribution in [0.4, 0.5) is 0 Å². The summed E-state index contributed by atoms with van der Waals surface area (Å²) in [5.74, 6) is -0.0426. The van der Waals surface area contributed by atoms with Crippen molar-refractivity contribution in [3.05, 3.63) is 23.8 Å². The second kappa shape index (κ2) is 5.97. The first kappa shape index (κ1) is 16.3. The summed E-state index contributed by atoms with van der Waals surface area (Å²) < 4.78 is -1.37. The first-order valence-electron chi connectivity index (χ1n) is 7.59. The van der Waals surface area contributed by atoms with Gasteiger partial charge in [0.1, 0.15) is 5.54 Å². The summed E-state index contributed by atoms with van der Waals surface area (Å²) in [7, 11) is 0. The Morgan fingerprint density at radius 3 is 2.67 bits per heavy atom. The van der Waals surface area contributed by atoms with E-state index in [0.717, 1.165) is 12.8 Å². The van der Waals surface area contributed by atoms with E-state index >= 15 is 0 Å². The van der Waals surface area contributed by atoms with Gasteiger partial charge in [-0.1, -0.05) is 38.5 Å². The number of carbonyl (C=O) groups is 2. The second-order valence-electron chi connectivity index (χ2n) is 6.10. The van der Waals surface area contributed by atoms with Crippen molar-refractivity contribution in [2.24, 2.45) is 11.7 Å². The molecule has 0 spiro atoms. The molecule has 0 aromatic rings. The van der Waals surface area contributed by atoms with Crippen molar-refractivity contribution >= 4 is 24.3 Å². The molecule has 1 aliphatic carbocycles. The Kier molecular flexibility index (Phi) is 4.63. The van der Waals surface area contributed by atoms with E-state index < -0.39 is 10.3 Å². The van der Waals surface area contributed by atoms with Gasteiger partial charge in [-0.2, -0.15) is 12.6 Å². The molecule has 3 atom stereocenters. The van der Waals surface area contributed by atoms with Gasteiger partial charge in [-0.3, -0.25) is 9.59 Å². The fraction of sp³-hybridized carbons (Fsp3) is 0.625. The molecule has 3 unspecified atom stereocenters. The van der Waals surface area contributed by atoms with Gasteiger partial charge < -0.3 is 11.1 Å². The van der Waals surface area contributed by atoms with Crippen molar-refractivity contribution in [1.29, 1.82) is 0 Å². The molecule has 21 heavy (non-hydrogen) atoms. The minimum absolute atomic E-state index is 0.152. The molecule has 0 bridgehead atoms. The van der Waals surface area contributed by atoms with Gasteiger partial charge >= 0.3 is 0 Å². The Morgan fingerprint density at radius 2 is 2.14 bits per heavy atom. The van der Waals surface area contributed by atoms with Crippen LogP contribution < -0.4 is 11.1 Å². The number of hydrogen-bond donors (Lipinski definition) is 3. The van der Waals surface area contributed by atoms with E-state index in [1.165, 1.54) is 0 Å². The van der Waals surface area contributed by atoms with Gasteiger partial charge in [-0.25, -0.2) is 0 Å². The van der Waals surface area contributed by atoms with Crippen LogP contribution in [0.25, 0.3) is 0 Å². The summed E-state index contributed by atoms with van der Waals surface area (Å²) in [6, 6.07) is 0. The third-order valence-electron chi connectivity index (χ3n) is 4.42. The van der Waals surface area contributed by atoms with Crippen LogP contribution in [0.15, 0.2) is 23.8 Å². The Hall–Kier alpha value is -1.07. The lowest BCUT2D eigenvalue weighted by Gasteiger charge is -2.29. The summed E-state index contributed by atoms with van der Waals surface area (Å²) in [6.07, 6.45) is 8.54. The molecule has 1 saturated heterocycles. The summed E-state index contributed by atoms with van der Waals surface area (Å²) in [5, 5.41) is 2.90. The van der Waals surface area contributed by atoms with Gasteiger partial charge in [0.25, 0.3) is 0 Å². The lowest BCUT2D eigenvalue weighted by Crippen LogP contribution is -2.49. The average molecular weight is 308 g/mol. The molecular formula is C16H24N2O2S. The van der Waals surface area contributed by atoms with E-state index in [0.29, 0.717) is 30.9 Å². The van der Waals surface area contributed by atoms with E-state index in [4.69, 9.17) is 5.73 Å². The minimum Gasteiger partial charge on any atom is -0.342 e. The molecule has 0 aromatic carbocycles. The number of ketones is 1. The number of thiol groups is 1. The zero-order valence-corrected chi connectivity index (χ0v) is 13.6. The van der Waals surface area contributed by atoms with Gasteiger partial charge in [-0.05, 0) is 37.3 Å². The van der Waals surface area contributed by atoms with Gasteiger partial charge in [-0.15, -0.1) is 0 Å². The molecule has 0 radical (unpaired) electrons. The standard InChI is InChI=1S/C16H24N2O2S/c1-3-8-15(9-10-17)13(19)16(21,14(20)18-15)12-6-4-11(2)5-7-12/h4,6-7,11,21H,3,5,8-10,17H2,1-2H3,(H,18,20). The molecular weight excluding hydrogens is 284 g/mol. The largest absolute Gasteiger partial charge is 0.342 e. The van der Waals surface area contributed by atoms with Crippen molar-refractivity contribution in [3.8, 4) is 0 Å². The Balaban J connectivity index is 2.39. The maximum absolute atomic E-state index is 13.0. The van der Waals surface area contributed by atoms with Crippen molar-refractivity contribution in [3.63, 3.8) is 0 Å². The fourth-order valence-corrected chi connectivity index (χ4v) is 3.66. The Morgan fingerprint density at radius 1 is 1.43 bits per heavy atom. The predicted molar refractivity (Wildman–Crippen MR) is 87.2 cm³/mol. The second-order valence-corrected chi connectivity index (χ2v) is 6.77. The highest BCUT2D eigenvalue weighted by Crippen LogP contribution is 2.41. The molecule has 4 nitrogen and oxygen atoms in total. The smallest absolute Gasteiger partial charge is 0.249 e. The average Bonchev–Trinajstić information content (AvgIpc) is 2.63. The summed E-state index contributed by atoms with van der Waals surface area (Å²) in [4.78, 5) is 25.6. The lowest BCUT2D eigenvalue weighted by molar-refractivity contribution is -0.125. The SMILES string of the molecule is CCCC1(CCN)NC(=O)C(S)(C2=CCC(C)C=C2)C1=O. The highest BCUT2D eigenvalue weighted by Gasteiger charge is 2.61. The topological polar surface area (TPSA) is 72.2 Å².